The molecule has 0 spiro atoms. The summed E-state index contributed by atoms with van der Waals surface area (Å²) in [6.45, 7) is 4.41. The minimum atomic E-state index is -3.33. The van der Waals surface area contributed by atoms with E-state index in [0.717, 1.165) is 53.5 Å². The molecular formula is C30H42N4O5S. The molecule has 2 heterocycles. The Labute approximate surface area is 237 Å². The van der Waals surface area contributed by atoms with Gasteiger partial charge in [-0.2, -0.15) is 0 Å². The van der Waals surface area contributed by atoms with E-state index < -0.39 is 10.0 Å². The molecule has 0 unspecified atom stereocenters. The van der Waals surface area contributed by atoms with E-state index in [2.05, 4.69) is 28.1 Å². The molecule has 2 aromatic carbocycles. The number of nitrogens with two attached hydrogens (primary N) is 1. The molecule has 0 radical (unpaired) electrons. The maximum absolute atomic E-state index is 13.2. The lowest BCUT2D eigenvalue weighted by Gasteiger charge is -2.31. The highest BCUT2D eigenvalue weighted by molar-refractivity contribution is 7.89. The number of piperidine rings is 1. The van der Waals surface area contributed by atoms with Gasteiger partial charge in [-0.05, 0) is 66.1 Å². The van der Waals surface area contributed by atoms with Crippen molar-refractivity contribution < 1.29 is 22.7 Å². The van der Waals surface area contributed by atoms with Gasteiger partial charge in [0.1, 0.15) is 0 Å². The highest BCUT2D eigenvalue weighted by Crippen LogP contribution is 2.37. The molecule has 0 saturated carbocycles. The third-order valence-corrected chi connectivity index (χ3v) is 9.72. The number of carbonyl (C=O) groups excluding carboxylic acids is 1. The van der Waals surface area contributed by atoms with E-state index in [0.29, 0.717) is 39.3 Å². The topological polar surface area (TPSA) is 118 Å². The molecule has 9 nitrogen and oxygen atoms in total. The summed E-state index contributed by atoms with van der Waals surface area (Å²) in [5.74, 6) is -0.00841. The lowest BCUT2D eigenvalue weighted by atomic mass is 9.88. The van der Waals surface area contributed by atoms with E-state index in [9.17, 15) is 13.2 Å². The first-order valence-electron chi connectivity index (χ1n) is 14.0. The average molecular weight is 571 g/mol. The molecular weight excluding hydrogens is 528 g/mol. The second-order valence-corrected chi connectivity index (χ2v) is 12.6. The maximum atomic E-state index is 13.2. The Balaban J connectivity index is 1.43. The number of H-pyrrole nitrogens is 1. The minimum absolute atomic E-state index is 0.137. The van der Waals surface area contributed by atoms with E-state index in [1.165, 1.54) is 5.56 Å². The van der Waals surface area contributed by atoms with Crippen LogP contribution in [0.15, 0.2) is 48.7 Å². The van der Waals surface area contributed by atoms with Gasteiger partial charge in [0.2, 0.25) is 15.9 Å². The third-order valence-electron chi connectivity index (χ3n) is 7.76. The van der Waals surface area contributed by atoms with E-state index in [4.69, 9.17) is 15.2 Å². The number of aromatic amines is 1. The van der Waals surface area contributed by atoms with Gasteiger partial charge in [0.25, 0.3) is 0 Å². The van der Waals surface area contributed by atoms with Crippen molar-refractivity contribution in [3.05, 3.63) is 59.8 Å². The number of aromatic nitrogens is 1. The Hall–Kier alpha value is -2.76. The summed E-state index contributed by atoms with van der Waals surface area (Å²) in [4.78, 5) is 17.4. The lowest BCUT2D eigenvalue weighted by molar-refractivity contribution is -0.117. The third kappa shape index (κ3) is 7.70. The predicted octanol–water partition coefficient (Wildman–Crippen LogP) is 3.36. The highest BCUT2D eigenvalue weighted by atomic mass is 32.2. The molecule has 0 atom stereocenters. The molecule has 1 aromatic heterocycles. The monoisotopic (exact) mass is 570 g/mol. The first-order chi connectivity index (χ1) is 19.3. The van der Waals surface area contributed by atoms with Gasteiger partial charge < -0.3 is 20.2 Å². The maximum Gasteiger partial charge on any atom is 0.221 e. The van der Waals surface area contributed by atoms with Crippen molar-refractivity contribution in [1.29, 1.82) is 0 Å². The summed E-state index contributed by atoms with van der Waals surface area (Å²) in [5.41, 5.74) is 10.7. The Morgan fingerprint density at radius 1 is 1.02 bits per heavy atom. The van der Waals surface area contributed by atoms with Crippen molar-refractivity contribution >= 4 is 26.8 Å². The van der Waals surface area contributed by atoms with Gasteiger partial charge in [-0.3, -0.25) is 9.69 Å². The number of carbonyl (C=O) groups is 1. The van der Waals surface area contributed by atoms with Crippen LogP contribution in [0.4, 0.5) is 0 Å². The van der Waals surface area contributed by atoms with Crippen LogP contribution < -0.4 is 5.73 Å². The largest absolute Gasteiger partial charge is 0.383 e. The number of amides is 1. The number of ether oxygens (including phenoxy) is 2. The van der Waals surface area contributed by atoms with Gasteiger partial charge in [-0.1, -0.05) is 30.3 Å². The molecule has 218 valence electrons. The summed E-state index contributed by atoms with van der Waals surface area (Å²) in [6, 6.07) is 14.3. The molecule has 1 aliphatic rings. The fourth-order valence-electron chi connectivity index (χ4n) is 5.61. The summed E-state index contributed by atoms with van der Waals surface area (Å²) in [5, 5.41) is 1.08. The Morgan fingerprint density at radius 3 is 2.33 bits per heavy atom. The molecule has 40 heavy (non-hydrogen) atoms. The molecule has 1 fully saturated rings. The van der Waals surface area contributed by atoms with Crippen molar-refractivity contribution in [1.82, 2.24) is 14.2 Å². The molecule has 1 saturated heterocycles. The second kappa shape index (κ2) is 14.2. The van der Waals surface area contributed by atoms with Crippen LogP contribution in [-0.2, 0) is 30.7 Å². The number of nitrogens with one attached hydrogen (secondary N) is 1. The fraction of sp³-hybridized carbons (Fsp3) is 0.500. The number of sulfonamides is 1. The van der Waals surface area contributed by atoms with Gasteiger partial charge in [0, 0.05) is 57.5 Å². The van der Waals surface area contributed by atoms with E-state index in [1.54, 1.807) is 18.5 Å². The molecule has 1 amide bonds. The summed E-state index contributed by atoms with van der Waals surface area (Å²) < 4.78 is 38.3. The van der Waals surface area contributed by atoms with Gasteiger partial charge in [0.05, 0.1) is 25.4 Å². The smallest absolute Gasteiger partial charge is 0.221 e. The van der Waals surface area contributed by atoms with Crippen LogP contribution >= 0.6 is 0 Å². The van der Waals surface area contributed by atoms with Gasteiger partial charge in [-0.15, -0.1) is 0 Å². The first kappa shape index (κ1) is 30.2. The zero-order chi connectivity index (χ0) is 28.5. The number of hydrogen-bond donors (Lipinski definition) is 2. The van der Waals surface area contributed by atoms with Crippen molar-refractivity contribution in [3.63, 3.8) is 0 Å². The van der Waals surface area contributed by atoms with Crippen molar-refractivity contribution in [3.8, 4) is 11.1 Å². The van der Waals surface area contributed by atoms with Crippen LogP contribution in [0.3, 0.4) is 0 Å². The number of methoxy groups -OCH3 is 2. The Morgan fingerprint density at radius 2 is 1.70 bits per heavy atom. The van der Waals surface area contributed by atoms with E-state index >= 15 is 0 Å². The molecule has 0 aliphatic carbocycles. The normalized spacial score (nSPS) is 15.3. The number of hydrogen-bond acceptors (Lipinski definition) is 6. The van der Waals surface area contributed by atoms with Crippen LogP contribution in [0.2, 0.25) is 0 Å². The summed E-state index contributed by atoms with van der Waals surface area (Å²) in [6.07, 6.45) is 4.25. The van der Waals surface area contributed by atoms with E-state index in [1.807, 2.05) is 30.5 Å². The first-order valence-corrected chi connectivity index (χ1v) is 15.6. The van der Waals surface area contributed by atoms with Crippen LogP contribution in [0, 0.1) is 0 Å². The highest BCUT2D eigenvalue weighted by Gasteiger charge is 2.30. The number of nitrogens with zero attached hydrogens (tertiary/aromatic N) is 2. The van der Waals surface area contributed by atoms with Crippen LogP contribution in [0.1, 0.15) is 36.3 Å². The second-order valence-electron chi connectivity index (χ2n) is 10.5. The van der Waals surface area contributed by atoms with Crippen molar-refractivity contribution in [2.75, 3.05) is 65.9 Å². The van der Waals surface area contributed by atoms with E-state index in [-0.39, 0.29) is 24.0 Å². The lowest BCUT2D eigenvalue weighted by Crippen LogP contribution is -2.40. The van der Waals surface area contributed by atoms with Crippen LogP contribution in [0.25, 0.3) is 22.0 Å². The summed E-state index contributed by atoms with van der Waals surface area (Å²) in [7, 11) is 0.00274. The quantitative estimate of drug-likeness (QED) is 0.289. The minimum Gasteiger partial charge on any atom is -0.383 e. The Kier molecular flexibility index (Phi) is 10.7. The van der Waals surface area contributed by atoms with Gasteiger partial charge in [-0.25, -0.2) is 12.7 Å². The predicted molar refractivity (Wildman–Crippen MR) is 159 cm³/mol. The van der Waals surface area contributed by atoms with Crippen LogP contribution in [-0.4, -0.2) is 94.4 Å². The van der Waals surface area contributed by atoms with Gasteiger partial charge >= 0.3 is 0 Å². The zero-order valence-corrected chi connectivity index (χ0v) is 24.4. The molecule has 10 heteroatoms. The van der Waals surface area contributed by atoms with Crippen molar-refractivity contribution in [2.24, 2.45) is 5.73 Å². The molecule has 0 bridgehead atoms. The zero-order valence-electron chi connectivity index (χ0n) is 23.6. The van der Waals surface area contributed by atoms with Crippen LogP contribution in [0.5, 0.6) is 0 Å². The number of primary amides is 1. The molecule has 3 N–H and O–H groups in total. The standard InChI is InChI=1S/C30H42N4O5S/c1-38-16-14-33(15-17-39-2)11-6-18-40(36,37)34-12-9-24(10-13-34)28-22-32-30-26(21-29(31)35)19-25(20-27(28)30)23-7-4-3-5-8-23/h3-5,7-8,19-20,22,24,32H,6,9-18,21H2,1-2H3,(H2,31,35). The van der Waals surface area contributed by atoms with Crippen molar-refractivity contribution in [2.45, 2.75) is 31.6 Å². The molecule has 1 aliphatic heterocycles. The summed E-state index contributed by atoms with van der Waals surface area (Å²) >= 11 is 0. The Bertz CT molecular complexity index is 1340. The molecule has 3 aromatic rings. The van der Waals surface area contributed by atoms with Gasteiger partial charge in [0.15, 0.2) is 0 Å². The SMILES string of the molecule is COCCN(CCCS(=O)(=O)N1CCC(c2c[nH]c3c(CC(N)=O)cc(-c4ccccc4)cc23)CC1)CCOC. The fourth-order valence-corrected chi connectivity index (χ4v) is 7.13. The number of benzene rings is 2. The molecule has 4 rings (SSSR count). The number of rotatable bonds is 15. The average Bonchev–Trinajstić information content (AvgIpc) is 3.39. The number of fused-ring (bicyclic) bond motifs is 1.